The van der Waals surface area contributed by atoms with Crippen LogP contribution in [0.1, 0.15) is 85.0 Å². The number of nitrogens with one attached hydrogen (secondary N) is 2. The van der Waals surface area contributed by atoms with Crippen molar-refractivity contribution in [2.75, 3.05) is 0 Å². The fraction of sp³-hybridized carbons (Fsp3) is 0.419. The predicted octanol–water partition coefficient (Wildman–Crippen LogP) is 4.83. The molecule has 0 bridgehead atoms. The molecule has 8 nitrogen and oxygen atoms in total. The van der Waals surface area contributed by atoms with E-state index >= 15 is 0 Å². The molecule has 4 aromatic rings. The zero-order valence-corrected chi connectivity index (χ0v) is 22.6. The average Bonchev–Trinajstić information content (AvgIpc) is 2.97. The van der Waals surface area contributed by atoms with Crippen LogP contribution in [-0.4, -0.2) is 38.8 Å². The Kier molecular flexibility index (Phi) is 7.36. The molecular formula is C31H34FN6O2+. The molecule has 206 valence electrons. The molecule has 4 aromatic heterocycles. The van der Waals surface area contributed by atoms with E-state index in [0.29, 0.717) is 22.2 Å². The highest BCUT2D eigenvalue weighted by Crippen LogP contribution is 2.28. The summed E-state index contributed by atoms with van der Waals surface area (Å²) in [5.41, 5.74) is 3.43. The van der Waals surface area contributed by atoms with Gasteiger partial charge in [-0.25, -0.2) is 9.37 Å². The first kappa shape index (κ1) is 26.2. The number of aromatic nitrogens is 4. The van der Waals surface area contributed by atoms with Crippen LogP contribution < -0.4 is 15.2 Å². The van der Waals surface area contributed by atoms with Gasteiger partial charge in [0.25, 0.3) is 11.8 Å². The van der Waals surface area contributed by atoms with Crippen molar-refractivity contribution in [1.29, 1.82) is 0 Å². The van der Waals surface area contributed by atoms with Crippen LogP contribution in [0.25, 0.3) is 22.1 Å². The van der Waals surface area contributed by atoms with E-state index in [1.807, 2.05) is 24.4 Å². The Morgan fingerprint density at radius 3 is 2.23 bits per heavy atom. The van der Waals surface area contributed by atoms with Crippen LogP contribution in [0.2, 0.25) is 0 Å². The number of carbonyl (C=O) groups excluding carboxylic acids is 2. The van der Waals surface area contributed by atoms with Crippen LogP contribution in [0.15, 0.2) is 55.1 Å². The highest BCUT2D eigenvalue weighted by atomic mass is 19.1. The lowest BCUT2D eigenvalue weighted by Crippen LogP contribution is -2.46. The molecule has 2 amide bonds. The van der Waals surface area contributed by atoms with E-state index in [4.69, 9.17) is 0 Å². The summed E-state index contributed by atoms with van der Waals surface area (Å²) in [6.07, 6.45) is 14.1. The molecule has 0 atom stereocenters. The quantitative estimate of drug-likeness (QED) is 0.353. The van der Waals surface area contributed by atoms with Gasteiger partial charge in [-0.3, -0.25) is 19.6 Å². The maximum atomic E-state index is 13.6. The van der Waals surface area contributed by atoms with Gasteiger partial charge in [-0.2, -0.15) is 4.57 Å². The lowest BCUT2D eigenvalue weighted by Gasteiger charge is -2.27. The molecule has 0 radical (unpaired) electrons. The standard InChI is InChI=1S/C31H33FN6O2/c1-19-4-6-21(7-5-19)36-31(40)25-13-16-38(27-3-2-14-34-29(25)27)23-10-8-22(9-11-23)37-30(39)24-12-15-33-26-17-20(32)18-35-28(24)26/h2-3,12-19,21-23H,4-11H2,1H3,(H-,36,37,39,40)/p+1. The van der Waals surface area contributed by atoms with Gasteiger partial charge in [0.1, 0.15) is 16.9 Å². The van der Waals surface area contributed by atoms with Crippen LogP contribution in [0.5, 0.6) is 0 Å². The zero-order valence-electron chi connectivity index (χ0n) is 22.6. The number of hydrogen-bond acceptors (Lipinski definition) is 5. The Morgan fingerprint density at radius 2 is 1.50 bits per heavy atom. The van der Waals surface area contributed by atoms with Crippen molar-refractivity contribution in [2.24, 2.45) is 5.92 Å². The number of fused-ring (bicyclic) bond motifs is 2. The Labute approximate surface area is 232 Å². The van der Waals surface area contributed by atoms with Crippen LogP contribution in [0, 0.1) is 11.7 Å². The number of halogens is 1. The highest BCUT2D eigenvalue weighted by Gasteiger charge is 2.31. The van der Waals surface area contributed by atoms with Gasteiger partial charge in [-0.05, 0) is 56.6 Å². The number of pyridine rings is 4. The van der Waals surface area contributed by atoms with E-state index in [-0.39, 0.29) is 29.9 Å². The predicted molar refractivity (Wildman–Crippen MR) is 149 cm³/mol. The molecule has 0 spiro atoms. The lowest BCUT2D eigenvalue weighted by molar-refractivity contribution is -0.701. The summed E-state index contributed by atoms with van der Waals surface area (Å²) >= 11 is 0. The second-order valence-electron chi connectivity index (χ2n) is 11.3. The molecule has 0 aliphatic heterocycles. The first-order valence-electron chi connectivity index (χ1n) is 14.3. The molecule has 2 fully saturated rings. The summed E-state index contributed by atoms with van der Waals surface area (Å²) in [4.78, 5) is 39.1. The fourth-order valence-corrected chi connectivity index (χ4v) is 6.25. The van der Waals surface area contributed by atoms with Gasteiger partial charge in [-0.15, -0.1) is 0 Å². The Bertz CT molecular complexity index is 1560. The molecule has 6 rings (SSSR count). The Balaban J connectivity index is 1.13. The van der Waals surface area contributed by atoms with Crippen molar-refractivity contribution in [3.8, 4) is 0 Å². The monoisotopic (exact) mass is 541 g/mol. The molecule has 0 aromatic carbocycles. The van der Waals surface area contributed by atoms with Crippen LogP contribution >= 0.6 is 0 Å². The summed E-state index contributed by atoms with van der Waals surface area (Å²) in [7, 11) is 0. The molecule has 2 aliphatic carbocycles. The lowest BCUT2D eigenvalue weighted by atomic mass is 9.87. The molecule has 4 heterocycles. The van der Waals surface area contributed by atoms with Gasteiger partial charge in [0, 0.05) is 55.5 Å². The molecule has 40 heavy (non-hydrogen) atoms. The van der Waals surface area contributed by atoms with Crippen molar-refractivity contribution in [3.63, 3.8) is 0 Å². The second-order valence-corrected chi connectivity index (χ2v) is 11.3. The zero-order chi connectivity index (χ0) is 27.6. The van der Waals surface area contributed by atoms with Gasteiger partial charge in [0.2, 0.25) is 5.52 Å². The summed E-state index contributed by atoms with van der Waals surface area (Å²) < 4.78 is 15.8. The van der Waals surface area contributed by atoms with Gasteiger partial charge in [0.15, 0.2) is 12.2 Å². The molecule has 2 N–H and O–H groups in total. The molecular weight excluding hydrogens is 507 g/mol. The number of amides is 2. The van der Waals surface area contributed by atoms with Crippen molar-refractivity contribution in [2.45, 2.75) is 76.4 Å². The SMILES string of the molecule is CC1CCC(NC(=O)c2cc[n+](C3CCC(NC(=O)c4ccnc5cc(F)cnc45)CC3)c3cccnc23)CC1. The molecule has 2 saturated carbocycles. The smallest absolute Gasteiger partial charge is 0.254 e. The maximum absolute atomic E-state index is 13.6. The van der Waals surface area contributed by atoms with Crippen molar-refractivity contribution in [3.05, 3.63) is 72.1 Å². The van der Waals surface area contributed by atoms with Crippen molar-refractivity contribution >= 4 is 33.9 Å². The molecule has 2 aliphatic rings. The van der Waals surface area contributed by atoms with Crippen LogP contribution in [0.3, 0.4) is 0 Å². The third-order valence-electron chi connectivity index (χ3n) is 8.53. The van der Waals surface area contributed by atoms with E-state index in [1.165, 1.54) is 12.3 Å². The average molecular weight is 542 g/mol. The van der Waals surface area contributed by atoms with E-state index in [0.717, 1.165) is 74.5 Å². The van der Waals surface area contributed by atoms with Crippen molar-refractivity contribution < 1.29 is 18.5 Å². The maximum Gasteiger partial charge on any atom is 0.254 e. The minimum absolute atomic E-state index is 0.0284. The second kappa shape index (κ2) is 11.2. The molecule has 0 unspecified atom stereocenters. The topological polar surface area (TPSA) is 101 Å². The summed E-state index contributed by atoms with van der Waals surface area (Å²) in [5, 5.41) is 6.38. The normalized spacial score (nSPS) is 23.1. The molecule has 0 saturated heterocycles. The number of nitrogens with zero attached hydrogens (tertiary/aromatic N) is 4. The third-order valence-corrected chi connectivity index (χ3v) is 8.53. The first-order valence-corrected chi connectivity index (χ1v) is 14.3. The van der Waals surface area contributed by atoms with Gasteiger partial charge >= 0.3 is 0 Å². The van der Waals surface area contributed by atoms with Crippen molar-refractivity contribution in [1.82, 2.24) is 25.6 Å². The summed E-state index contributed by atoms with van der Waals surface area (Å²) in [6.45, 7) is 2.27. The fourth-order valence-electron chi connectivity index (χ4n) is 6.25. The summed E-state index contributed by atoms with van der Waals surface area (Å²) in [6, 6.07) is 9.23. The van der Waals surface area contributed by atoms with Gasteiger partial charge < -0.3 is 10.6 Å². The number of carbonyl (C=O) groups is 2. The number of hydrogen-bond donors (Lipinski definition) is 2. The third kappa shape index (κ3) is 5.37. The summed E-state index contributed by atoms with van der Waals surface area (Å²) in [5.74, 6) is -0.0281. The molecule has 9 heteroatoms. The number of rotatable bonds is 5. The Morgan fingerprint density at radius 1 is 0.825 bits per heavy atom. The minimum Gasteiger partial charge on any atom is -0.349 e. The van der Waals surface area contributed by atoms with E-state index in [2.05, 4.69) is 37.1 Å². The van der Waals surface area contributed by atoms with Crippen LogP contribution in [0.4, 0.5) is 4.39 Å². The first-order chi connectivity index (χ1) is 19.5. The van der Waals surface area contributed by atoms with Gasteiger partial charge in [-0.1, -0.05) is 6.92 Å². The van der Waals surface area contributed by atoms with E-state index < -0.39 is 5.82 Å². The van der Waals surface area contributed by atoms with E-state index in [9.17, 15) is 14.0 Å². The largest absolute Gasteiger partial charge is 0.349 e. The Hall–Kier alpha value is -4.01. The van der Waals surface area contributed by atoms with Crippen LogP contribution in [-0.2, 0) is 0 Å². The van der Waals surface area contributed by atoms with Gasteiger partial charge in [0.05, 0.1) is 22.8 Å². The van der Waals surface area contributed by atoms with E-state index in [1.54, 1.807) is 12.3 Å². The highest BCUT2D eigenvalue weighted by molar-refractivity contribution is 6.05. The minimum atomic E-state index is -0.483.